The lowest BCUT2D eigenvalue weighted by Crippen LogP contribution is -2.30. The molecular formula is C24H29BO2. The molecule has 0 spiro atoms. The molecule has 0 saturated carbocycles. The molecule has 0 aliphatic heterocycles. The monoisotopic (exact) mass is 360 g/mol. The molecule has 0 saturated heterocycles. The Morgan fingerprint density at radius 3 is 2.26 bits per heavy atom. The molecular weight excluding hydrogens is 331 g/mol. The molecule has 2 atom stereocenters. The highest BCUT2D eigenvalue weighted by Gasteiger charge is 2.33. The van der Waals surface area contributed by atoms with Crippen molar-refractivity contribution in [1.82, 2.24) is 0 Å². The zero-order valence-electron chi connectivity index (χ0n) is 16.3. The van der Waals surface area contributed by atoms with E-state index in [1.165, 1.54) is 36.0 Å². The average Bonchev–Trinajstić information content (AvgIpc) is 2.70. The summed E-state index contributed by atoms with van der Waals surface area (Å²) in [7, 11) is -1.41. The molecule has 27 heavy (non-hydrogen) atoms. The van der Waals surface area contributed by atoms with Crippen molar-refractivity contribution >= 4 is 12.6 Å². The molecule has 0 amide bonds. The Morgan fingerprint density at radius 1 is 0.963 bits per heavy atom. The van der Waals surface area contributed by atoms with Crippen LogP contribution < -0.4 is 5.46 Å². The fourth-order valence-corrected chi connectivity index (χ4v) is 4.11. The zero-order valence-corrected chi connectivity index (χ0v) is 16.3. The van der Waals surface area contributed by atoms with Crippen LogP contribution in [-0.4, -0.2) is 17.2 Å². The van der Waals surface area contributed by atoms with E-state index in [0.29, 0.717) is 5.46 Å². The predicted molar refractivity (Wildman–Crippen MR) is 114 cm³/mol. The summed E-state index contributed by atoms with van der Waals surface area (Å²) in [5, 5.41) is 18.6. The second-order valence-electron chi connectivity index (χ2n) is 7.57. The van der Waals surface area contributed by atoms with Crippen LogP contribution in [0.3, 0.4) is 0 Å². The van der Waals surface area contributed by atoms with Crippen LogP contribution in [0, 0.1) is 0 Å². The lowest BCUT2D eigenvalue weighted by molar-refractivity contribution is 0.426. The van der Waals surface area contributed by atoms with E-state index in [-0.39, 0.29) is 11.3 Å². The van der Waals surface area contributed by atoms with E-state index >= 15 is 0 Å². The molecule has 3 rings (SSSR count). The van der Waals surface area contributed by atoms with Gasteiger partial charge >= 0.3 is 7.12 Å². The van der Waals surface area contributed by atoms with Crippen LogP contribution in [0.25, 0.3) is 0 Å². The number of rotatable bonds is 7. The van der Waals surface area contributed by atoms with Crippen molar-refractivity contribution in [2.45, 2.75) is 50.9 Å². The van der Waals surface area contributed by atoms with Crippen molar-refractivity contribution in [1.29, 1.82) is 0 Å². The van der Waals surface area contributed by atoms with Crippen molar-refractivity contribution in [2.24, 2.45) is 0 Å². The largest absolute Gasteiger partial charge is 0.488 e. The van der Waals surface area contributed by atoms with E-state index in [0.717, 1.165) is 6.42 Å². The molecule has 2 aromatic rings. The molecule has 1 aliphatic carbocycles. The summed E-state index contributed by atoms with van der Waals surface area (Å²) < 4.78 is 0. The van der Waals surface area contributed by atoms with Crippen molar-refractivity contribution in [2.75, 3.05) is 0 Å². The third kappa shape index (κ3) is 4.26. The molecule has 2 aromatic carbocycles. The first-order valence-corrected chi connectivity index (χ1v) is 9.96. The van der Waals surface area contributed by atoms with Crippen LogP contribution in [0.2, 0.25) is 0 Å². The van der Waals surface area contributed by atoms with Gasteiger partial charge in [-0.3, -0.25) is 0 Å². The molecule has 3 heteroatoms. The van der Waals surface area contributed by atoms with Crippen molar-refractivity contribution < 1.29 is 10.0 Å². The minimum absolute atomic E-state index is 0.0197. The van der Waals surface area contributed by atoms with E-state index in [1.54, 1.807) is 12.1 Å². The number of unbranched alkanes of at least 4 members (excludes halogenated alkanes) is 2. The number of hydrogen-bond acceptors (Lipinski definition) is 2. The van der Waals surface area contributed by atoms with Gasteiger partial charge in [-0.1, -0.05) is 105 Å². The van der Waals surface area contributed by atoms with Gasteiger partial charge in [0.25, 0.3) is 0 Å². The second kappa shape index (κ2) is 8.73. The fraction of sp³-hybridized carbons (Fsp3) is 0.333. The van der Waals surface area contributed by atoms with E-state index in [2.05, 4.69) is 62.4 Å². The van der Waals surface area contributed by atoms with Gasteiger partial charge in [-0.25, -0.2) is 0 Å². The number of allylic oxidation sites excluding steroid dienone is 4. The van der Waals surface area contributed by atoms with Crippen LogP contribution in [-0.2, 0) is 5.41 Å². The van der Waals surface area contributed by atoms with Gasteiger partial charge in [-0.05, 0) is 29.9 Å². The molecule has 0 heterocycles. The summed E-state index contributed by atoms with van der Waals surface area (Å²) in [6.07, 6.45) is 11.9. The summed E-state index contributed by atoms with van der Waals surface area (Å²) in [6, 6.07) is 18.4. The summed E-state index contributed by atoms with van der Waals surface area (Å²) in [5.74, 6) is 0.220. The van der Waals surface area contributed by atoms with Crippen LogP contribution in [0.4, 0.5) is 0 Å². The van der Waals surface area contributed by atoms with E-state index in [4.69, 9.17) is 0 Å². The van der Waals surface area contributed by atoms with Crippen LogP contribution in [0.1, 0.15) is 56.6 Å². The highest BCUT2D eigenvalue weighted by molar-refractivity contribution is 6.58. The molecule has 140 valence electrons. The molecule has 0 radical (unpaired) electrons. The molecule has 0 fully saturated rings. The second-order valence-corrected chi connectivity index (χ2v) is 7.57. The summed E-state index contributed by atoms with van der Waals surface area (Å²) in [5.41, 5.74) is 4.43. The van der Waals surface area contributed by atoms with Crippen LogP contribution in [0.15, 0.2) is 78.4 Å². The maximum Gasteiger partial charge on any atom is 0.488 e. The predicted octanol–water partition coefficient (Wildman–Crippen LogP) is 4.48. The van der Waals surface area contributed by atoms with Gasteiger partial charge in [-0.15, -0.1) is 0 Å². The quantitative estimate of drug-likeness (QED) is 0.434. The summed E-state index contributed by atoms with van der Waals surface area (Å²) in [4.78, 5) is 0. The molecule has 0 aromatic heterocycles. The van der Waals surface area contributed by atoms with Gasteiger partial charge in [0, 0.05) is 11.3 Å². The Morgan fingerprint density at radius 2 is 1.67 bits per heavy atom. The maximum atomic E-state index is 9.29. The van der Waals surface area contributed by atoms with Crippen LogP contribution >= 0.6 is 0 Å². The van der Waals surface area contributed by atoms with E-state index < -0.39 is 7.12 Å². The Kier molecular flexibility index (Phi) is 6.36. The van der Waals surface area contributed by atoms with Gasteiger partial charge in [0.1, 0.15) is 0 Å². The fourth-order valence-electron chi connectivity index (χ4n) is 4.11. The topological polar surface area (TPSA) is 40.5 Å². The van der Waals surface area contributed by atoms with E-state index in [9.17, 15) is 10.0 Å². The van der Waals surface area contributed by atoms with Crippen molar-refractivity contribution in [3.8, 4) is 0 Å². The third-order valence-corrected chi connectivity index (χ3v) is 5.80. The Bertz CT molecular complexity index is 793. The molecule has 2 unspecified atom stereocenters. The van der Waals surface area contributed by atoms with E-state index in [1.807, 2.05) is 12.1 Å². The lowest BCUT2D eigenvalue weighted by Gasteiger charge is -2.37. The van der Waals surface area contributed by atoms with Gasteiger partial charge in [0.2, 0.25) is 0 Å². The maximum absolute atomic E-state index is 9.29. The highest BCUT2D eigenvalue weighted by atomic mass is 16.4. The summed E-state index contributed by atoms with van der Waals surface area (Å²) in [6.45, 7) is 4.50. The number of benzene rings is 2. The Hall–Kier alpha value is -2.10. The Labute approximate surface area is 163 Å². The molecule has 1 aliphatic rings. The van der Waals surface area contributed by atoms with Gasteiger partial charge < -0.3 is 10.0 Å². The SMILES string of the molecule is CCCCCC1(c2ccccc2)C=CC(c2ccc(B(O)O)cc2)C=C1C. The minimum atomic E-state index is -1.41. The molecule has 2 nitrogen and oxygen atoms in total. The average molecular weight is 360 g/mol. The third-order valence-electron chi connectivity index (χ3n) is 5.80. The van der Waals surface area contributed by atoms with Crippen molar-refractivity contribution in [3.63, 3.8) is 0 Å². The first kappa shape index (κ1) is 19.7. The highest BCUT2D eigenvalue weighted by Crippen LogP contribution is 2.43. The van der Waals surface area contributed by atoms with Crippen LogP contribution in [0.5, 0.6) is 0 Å². The van der Waals surface area contributed by atoms with Gasteiger partial charge in [0.15, 0.2) is 0 Å². The first-order valence-electron chi connectivity index (χ1n) is 9.96. The lowest BCUT2D eigenvalue weighted by atomic mass is 9.67. The normalized spacial score (nSPS) is 21.8. The molecule has 0 bridgehead atoms. The molecule has 2 N–H and O–H groups in total. The standard InChI is InChI=1S/C24H29BO2/c1-3-4-8-16-24(22-9-6-5-7-10-22)17-15-21(18-19(24)2)20-11-13-23(14-12-20)25(26)27/h5-7,9-15,17-18,21,26-27H,3-4,8,16H2,1-2H3. The number of hydrogen-bond donors (Lipinski definition) is 2. The van der Waals surface area contributed by atoms with Gasteiger partial charge in [-0.2, -0.15) is 0 Å². The Balaban J connectivity index is 1.90. The zero-order chi connectivity index (χ0) is 19.3. The minimum Gasteiger partial charge on any atom is -0.423 e. The smallest absolute Gasteiger partial charge is 0.423 e. The summed E-state index contributed by atoms with van der Waals surface area (Å²) >= 11 is 0. The van der Waals surface area contributed by atoms with Crippen molar-refractivity contribution in [3.05, 3.63) is 89.5 Å². The first-order chi connectivity index (χ1) is 13.1. The van der Waals surface area contributed by atoms with Gasteiger partial charge in [0.05, 0.1) is 0 Å².